The van der Waals surface area contributed by atoms with Crippen LogP contribution in [0.2, 0.25) is 0 Å². The van der Waals surface area contributed by atoms with Gasteiger partial charge >= 0.3 is 0 Å². The van der Waals surface area contributed by atoms with Crippen LogP contribution >= 0.6 is 0 Å². The highest BCUT2D eigenvalue weighted by molar-refractivity contribution is 5.52. The van der Waals surface area contributed by atoms with Gasteiger partial charge in [-0.05, 0) is 24.8 Å². The van der Waals surface area contributed by atoms with Gasteiger partial charge in [-0.3, -0.25) is 0 Å². The van der Waals surface area contributed by atoms with E-state index in [0.717, 1.165) is 0 Å². The third-order valence-electron chi connectivity index (χ3n) is 3.09. The summed E-state index contributed by atoms with van der Waals surface area (Å²) in [6.07, 6.45) is 15.3. The first kappa shape index (κ1) is 6.47. The molecular formula is C12H12. The fourth-order valence-corrected chi connectivity index (χ4v) is 2.54. The van der Waals surface area contributed by atoms with Crippen molar-refractivity contribution in [1.29, 1.82) is 0 Å². The van der Waals surface area contributed by atoms with Crippen molar-refractivity contribution in [2.45, 2.75) is 19.3 Å². The highest BCUT2D eigenvalue weighted by atomic mass is 14.3. The zero-order chi connectivity index (χ0) is 7.97. The molecule has 1 unspecified atom stereocenters. The Morgan fingerprint density at radius 1 is 1.00 bits per heavy atom. The van der Waals surface area contributed by atoms with E-state index >= 15 is 0 Å². The SMILES string of the molecule is C1=CC2=CC=C3CCCC(=C1)C23. The maximum absolute atomic E-state index is 2.32. The molecule has 0 heterocycles. The lowest BCUT2D eigenvalue weighted by molar-refractivity contribution is 0.633. The molecule has 0 heteroatoms. The van der Waals surface area contributed by atoms with Crippen LogP contribution in [-0.4, -0.2) is 0 Å². The van der Waals surface area contributed by atoms with Crippen molar-refractivity contribution in [2.24, 2.45) is 5.92 Å². The van der Waals surface area contributed by atoms with Gasteiger partial charge in [0.1, 0.15) is 0 Å². The standard InChI is InChI=1S/C12H12/c1-3-9-4-2-6-11-8-7-10(5-1)12(9)11/h1,3,5,7-8,12H,2,4,6H2. The Hall–Kier alpha value is -1.04. The molecule has 3 aliphatic carbocycles. The molecule has 0 aromatic rings. The summed E-state index contributed by atoms with van der Waals surface area (Å²) >= 11 is 0. The molecule has 0 aromatic carbocycles. The van der Waals surface area contributed by atoms with Gasteiger partial charge < -0.3 is 0 Å². The average molecular weight is 156 g/mol. The zero-order valence-corrected chi connectivity index (χ0v) is 7.09. The summed E-state index contributed by atoms with van der Waals surface area (Å²) in [6.45, 7) is 0. The van der Waals surface area contributed by atoms with Crippen LogP contribution < -0.4 is 0 Å². The lowest BCUT2D eigenvalue weighted by Gasteiger charge is -2.28. The number of rotatable bonds is 0. The first-order chi connectivity index (χ1) is 5.95. The van der Waals surface area contributed by atoms with E-state index in [4.69, 9.17) is 0 Å². The second kappa shape index (κ2) is 2.22. The third kappa shape index (κ3) is 0.726. The minimum Gasteiger partial charge on any atom is -0.0621 e. The predicted octanol–water partition coefficient (Wildman–Crippen LogP) is 3.15. The first-order valence-electron chi connectivity index (χ1n) is 4.73. The lowest BCUT2D eigenvalue weighted by Crippen LogP contribution is -2.13. The molecular weight excluding hydrogens is 144 g/mol. The highest BCUT2D eigenvalue weighted by Gasteiger charge is 2.29. The summed E-state index contributed by atoms with van der Waals surface area (Å²) in [7, 11) is 0. The molecule has 1 fully saturated rings. The van der Waals surface area contributed by atoms with Gasteiger partial charge in [0, 0.05) is 5.92 Å². The molecule has 0 N–H and O–H groups in total. The molecule has 60 valence electrons. The molecule has 0 amide bonds. The van der Waals surface area contributed by atoms with E-state index in [1.807, 2.05) is 0 Å². The molecule has 0 radical (unpaired) electrons. The van der Waals surface area contributed by atoms with E-state index in [0.29, 0.717) is 5.92 Å². The summed E-state index contributed by atoms with van der Waals surface area (Å²) < 4.78 is 0. The minimum absolute atomic E-state index is 0.698. The van der Waals surface area contributed by atoms with Gasteiger partial charge in [0.05, 0.1) is 0 Å². The van der Waals surface area contributed by atoms with Crippen LogP contribution in [0.15, 0.2) is 47.1 Å². The normalized spacial score (nSPS) is 30.7. The van der Waals surface area contributed by atoms with Gasteiger partial charge in [-0.15, -0.1) is 0 Å². The molecule has 12 heavy (non-hydrogen) atoms. The molecule has 0 aliphatic heterocycles. The highest BCUT2D eigenvalue weighted by Crippen LogP contribution is 2.44. The van der Waals surface area contributed by atoms with Crippen LogP contribution in [0.3, 0.4) is 0 Å². The summed E-state index contributed by atoms with van der Waals surface area (Å²) in [5, 5.41) is 0. The van der Waals surface area contributed by atoms with E-state index in [-0.39, 0.29) is 0 Å². The van der Waals surface area contributed by atoms with Crippen LogP contribution in [0.25, 0.3) is 0 Å². The second-order valence-corrected chi connectivity index (χ2v) is 3.80. The van der Waals surface area contributed by atoms with Gasteiger partial charge in [-0.25, -0.2) is 0 Å². The van der Waals surface area contributed by atoms with Gasteiger partial charge in [-0.2, -0.15) is 0 Å². The maximum Gasteiger partial charge on any atom is 0.0264 e. The summed E-state index contributed by atoms with van der Waals surface area (Å²) in [5.74, 6) is 0.698. The Morgan fingerprint density at radius 3 is 2.75 bits per heavy atom. The summed E-state index contributed by atoms with van der Waals surface area (Å²) in [6, 6.07) is 0. The summed E-state index contributed by atoms with van der Waals surface area (Å²) in [5.41, 5.74) is 4.80. The Kier molecular flexibility index (Phi) is 1.20. The molecule has 0 aromatic heterocycles. The van der Waals surface area contributed by atoms with Gasteiger partial charge in [0.2, 0.25) is 0 Å². The Morgan fingerprint density at radius 2 is 1.83 bits per heavy atom. The van der Waals surface area contributed by atoms with Crippen molar-refractivity contribution in [3.8, 4) is 0 Å². The largest absolute Gasteiger partial charge is 0.0621 e. The van der Waals surface area contributed by atoms with Crippen LogP contribution in [0.1, 0.15) is 19.3 Å². The Balaban J connectivity index is 2.12. The van der Waals surface area contributed by atoms with Crippen LogP contribution in [0.4, 0.5) is 0 Å². The Labute approximate surface area is 73.0 Å². The van der Waals surface area contributed by atoms with Crippen LogP contribution in [-0.2, 0) is 0 Å². The summed E-state index contributed by atoms with van der Waals surface area (Å²) in [4.78, 5) is 0. The quantitative estimate of drug-likeness (QED) is 0.505. The predicted molar refractivity (Wildman–Crippen MR) is 50.7 cm³/mol. The third-order valence-corrected chi connectivity index (χ3v) is 3.09. The lowest BCUT2D eigenvalue weighted by atomic mass is 9.76. The van der Waals surface area contributed by atoms with E-state index in [1.54, 1.807) is 11.1 Å². The topological polar surface area (TPSA) is 0 Å². The molecule has 3 rings (SSSR count). The molecule has 1 saturated carbocycles. The van der Waals surface area contributed by atoms with Crippen molar-refractivity contribution in [3.05, 3.63) is 47.1 Å². The minimum atomic E-state index is 0.698. The molecule has 3 aliphatic rings. The molecule has 0 spiro atoms. The zero-order valence-electron chi connectivity index (χ0n) is 7.09. The van der Waals surface area contributed by atoms with Crippen LogP contribution in [0.5, 0.6) is 0 Å². The molecule has 0 nitrogen and oxygen atoms in total. The molecule has 0 saturated heterocycles. The smallest absolute Gasteiger partial charge is 0.0264 e. The Bertz CT molecular complexity index is 337. The number of hydrogen-bond donors (Lipinski definition) is 0. The van der Waals surface area contributed by atoms with E-state index in [9.17, 15) is 0 Å². The van der Waals surface area contributed by atoms with E-state index < -0.39 is 0 Å². The van der Waals surface area contributed by atoms with Crippen molar-refractivity contribution in [2.75, 3.05) is 0 Å². The number of hydrogen-bond acceptors (Lipinski definition) is 0. The van der Waals surface area contributed by atoms with E-state index in [2.05, 4.69) is 30.4 Å². The molecule has 1 atom stereocenters. The van der Waals surface area contributed by atoms with Crippen molar-refractivity contribution < 1.29 is 0 Å². The van der Waals surface area contributed by atoms with Gasteiger partial charge in [-0.1, -0.05) is 41.5 Å². The van der Waals surface area contributed by atoms with Crippen LogP contribution in [0, 0.1) is 5.92 Å². The first-order valence-corrected chi connectivity index (χ1v) is 4.73. The number of allylic oxidation sites excluding steroid dienone is 8. The van der Waals surface area contributed by atoms with E-state index in [1.165, 1.54) is 24.8 Å². The van der Waals surface area contributed by atoms with Gasteiger partial charge in [0.15, 0.2) is 0 Å². The van der Waals surface area contributed by atoms with Crippen molar-refractivity contribution in [3.63, 3.8) is 0 Å². The monoisotopic (exact) mass is 156 g/mol. The fourth-order valence-electron chi connectivity index (χ4n) is 2.54. The molecule has 0 bridgehead atoms. The second-order valence-electron chi connectivity index (χ2n) is 3.80. The average Bonchev–Trinajstić information content (AvgIpc) is 2.52. The fraction of sp³-hybridized carbons (Fsp3) is 0.333. The van der Waals surface area contributed by atoms with Crippen molar-refractivity contribution >= 4 is 0 Å². The maximum atomic E-state index is 2.32. The van der Waals surface area contributed by atoms with Gasteiger partial charge in [0.25, 0.3) is 0 Å². The van der Waals surface area contributed by atoms with Crippen molar-refractivity contribution in [1.82, 2.24) is 0 Å².